The van der Waals surface area contributed by atoms with Crippen LogP contribution in [0.4, 0.5) is 4.79 Å². The van der Waals surface area contributed by atoms with Gasteiger partial charge >= 0.3 is 12.1 Å². The van der Waals surface area contributed by atoms with E-state index < -0.39 is 17.2 Å². The van der Waals surface area contributed by atoms with Gasteiger partial charge in [-0.2, -0.15) is 0 Å². The molecule has 1 saturated heterocycles. The van der Waals surface area contributed by atoms with E-state index in [1.165, 1.54) is 7.11 Å². The minimum Gasteiger partial charge on any atom is -0.479 e. The zero-order valence-corrected chi connectivity index (χ0v) is 14.7. The molecule has 0 aromatic rings. The summed E-state index contributed by atoms with van der Waals surface area (Å²) in [5.41, 5.74) is -1.35. The number of piperidine rings is 1. The molecule has 2 rings (SSSR count). The molecule has 0 atom stereocenters. The lowest BCUT2D eigenvalue weighted by atomic mass is 9.64. The van der Waals surface area contributed by atoms with Gasteiger partial charge in [0.2, 0.25) is 0 Å². The molecule has 1 amide bonds. The summed E-state index contributed by atoms with van der Waals surface area (Å²) in [5, 5.41) is 9.40. The van der Waals surface area contributed by atoms with E-state index in [9.17, 15) is 14.7 Å². The number of rotatable bonds is 2. The fourth-order valence-corrected chi connectivity index (χ4v) is 3.68. The van der Waals surface area contributed by atoms with Gasteiger partial charge in [-0.15, -0.1) is 0 Å². The van der Waals surface area contributed by atoms with Gasteiger partial charge in [0.05, 0.1) is 0 Å². The molecule has 0 aromatic heterocycles. The molecule has 6 heteroatoms. The number of aliphatic carboxylic acids is 1. The van der Waals surface area contributed by atoms with Crippen LogP contribution in [0, 0.1) is 5.41 Å². The van der Waals surface area contributed by atoms with Crippen molar-refractivity contribution in [2.75, 3.05) is 20.2 Å². The summed E-state index contributed by atoms with van der Waals surface area (Å²) in [6.07, 6.45) is 4.35. The van der Waals surface area contributed by atoms with E-state index in [-0.39, 0.29) is 11.5 Å². The van der Waals surface area contributed by atoms with E-state index in [0.29, 0.717) is 25.9 Å². The Morgan fingerprint density at radius 3 is 1.91 bits per heavy atom. The highest BCUT2D eigenvalue weighted by Gasteiger charge is 2.48. The van der Waals surface area contributed by atoms with Crippen LogP contribution < -0.4 is 0 Å². The predicted octanol–water partition coefficient (Wildman–Crippen LogP) is 3.05. The van der Waals surface area contributed by atoms with Crippen LogP contribution in [-0.4, -0.2) is 53.5 Å². The van der Waals surface area contributed by atoms with E-state index in [0.717, 1.165) is 25.7 Å². The van der Waals surface area contributed by atoms with Gasteiger partial charge in [0.25, 0.3) is 0 Å². The fourth-order valence-electron chi connectivity index (χ4n) is 3.68. The van der Waals surface area contributed by atoms with Crippen LogP contribution in [0.5, 0.6) is 0 Å². The van der Waals surface area contributed by atoms with Crippen molar-refractivity contribution in [1.29, 1.82) is 0 Å². The molecule has 23 heavy (non-hydrogen) atoms. The molecule has 1 heterocycles. The van der Waals surface area contributed by atoms with Gasteiger partial charge in [0, 0.05) is 20.2 Å². The number of carbonyl (C=O) groups is 2. The highest BCUT2D eigenvalue weighted by atomic mass is 16.6. The largest absolute Gasteiger partial charge is 0.479 e. The monoisotopic (exact) mass is 327 g/mol. The number of hydrogen-bond acceptors (Lipinski definition) is 4. The van der Waals surface area contributed by atoms with Gasteiger partial charge in [0.1, 0.15) is 5.60 Å². The van der Waals surface area contributed by atoms with Crippen LogP contribution in [0.25, 0.3) is 0 Å². The van der Waals surface area contributed by atoms with Crippen LogP contribution in [0.3, 0.4) is 0 Å². The Hall–Kier alpha value is -1.30. The molecule has 0 aromatic carbocycles. The first-order valence-electron chi connectivity index (χ1n) is 8.38. The third kappa shape index (κ3) is 3.97. The number of carbonyl (C=O) groups excluding carboxylic acids is 1. The Bertz CT molecular complexity index is 450. The van der Waals surface area contributed by atoms with E-state index in [1.54, 1.807) is 4.90 Å². The average Bonchev–Trinajstić information content (AvgIpc) is 2.47. The maximum Gasteiger partial charge on any atom is 0.410 e. The molecule has 1 saturated carbocycles. The summed E-state index contributed by atoms with van der Waals surface area (Å²) in [6, 6.07) is 0. The lowest BCUT2D eigenvalue weighted by Gasteiger charge is -2.48. The molecule has 6 nitrogen and oxygen atoms in total. The molecule has 1 spiro atoms. The number of methoxy groups -OCH3 is 1. The highest BCUT2D eigenvalue weighted by Crippen LogP contribution is 2.48. The zero-order valence-electron chi connectivity index (χ0n) is 14.7. The van der Waals surface area contributed by atoms with Gasteiger partial charge in [-0.25, -0.2) is 9.59 Å². The van der Waals surface area contributed by atoms with Crippen LogP contribution in [0.1, 0.15) is 59.3 Å². The Kier molecular flexibility index (Phi) is 4.95. The van der Waals surface area contributed by atoms with Crippen molar-refractivity contribution in [3.8, 4) is 0 Å². The highest BCUT2D eigenvalue weighted by molar-refractivity contribution is 5.77. The lowest BCUT2D eigenvalue weighted by Crippen LogP contribution is -2.51. The molecule has 2 fully saturated rings. The minimum absolute atomic E-state index is 0.149. The molecular weight excluding hydrogens is 298 g/mol. The molecule has 132 valence electrons. The number of hydrogen-bond donors (Lipinski definition) is 1. The van der Waals surface area contributed by atoms with Crippen molar-refractivity contribution in [1.82, 2.24) is 4.90 Å². The maximum absolute atomic E-state index is 12.1. The SMILES string of the molecule is COC1(C(=O)O)CCC2(CCN(C(=O)OC(C)(C)C)CC2)CC1. The molecule has 1 aliphatic carbocycles. The second kappa shape index (κ2) is 6.30. The van der Waals surface area contributed by atoms with Crippen LogP contribution in [-0.2, 0) is 14.3 Å². The third-order valence-electron chi connectivity index (χ3n) is 5.37. The number of amides is 1. The van der Waals surface area contributed by atoms with Gasteiger partial charge in [-0.3, -0.25) is 0 Å². The number of carboxylic acids is 1. The van der Waals surface area contributed by atoms with Gasteiger partial charge < -0.3 is 19.5 Å². The quantitative estimate of drug-likeness (QED) is 0.843. The Balaban J connectivity index is 1.90. The second-order valence-electron chi connectivity index (χ2n) is 7.97. The normalized spacial score (nSPS) is 23.6. The fraction of sp³-hybridized carbons (Fsp3) is 0.882. The van der Waals surface area contributed by atoms with Gasteiger partial charge in [-0.1, -0.05) is 0 Å². The standard InChI is InChI=1S/C17H29NO5/c1-15(2,3)23-14(21)18-11-9-16(10-12-18)5-7-17(22-4,8-6-16)13(19)20/h5-12H2,1-4H3,(H,19,20). The van der Waals surface area contributed by atoms with Crippen molar-refractivity contribution >= 4 is 12.1 Å². The number of nitrogens with zero attached hydrogens (tertiary/aromatic N) is 1. The second-order valence-corrected chi connectivity index (χ2v) is 7.97. The molecule has 0 bridgehead atoms. The van der Waals surface area contributed by atoms with Crippen molar-refractivity contribution in [2.45, 2.75) is 70.5 Å². The molecule has 0 radical (unpaired) electrons. The molecule has 0 unspecified atom stereocenters. The topological polar surface area (TPSA) is 76.1 Å². The van der Waals surface area contributed by atoms with Crippen LogP contribution >= 0.6 is 0 Å². The van der Waals surface area contributed by atoms with Crippen molar-refractivity contribution in [2.24, 2.45) is 5.41 Å². The predicted molar refractivity (Wildman–Crippen MR) is 85.3 cm³/mol. The average molecular weight is 327 g/mol. The number of ether oxygens (including phenoxy) is 2. The summed E-state index contributed by atoms with van der Waals surface area (Å²) in [5.74, 6) is -0.860. The summed E-state index contributed by atoms with van der Waals surface area (Å²) < 4.78 is 10.7. The zero-order chi connectivity index (χ0) is 17.3. The Labute approximate surface area is 138 Å². The summed E-state index contributed by atoms with van der Waals surface area (Å²) in [6.45, 7) is 6.97. The van der Waals surface area contributed by atoms with E-state index in [2.05, 4.69) is 0 Å². The van der Waals surface area contributed by atoms with Crippen LogP contribution in [0.2, 0.25) is 0 Å². The molecule has 1 N–H and O–H groups in total. The Morgan fingerprint density at radius 2 is 1.52 bits per heavy atom. The van der Waals surface area contributed by atoms with Crippen molar-refractivity contribution in [3.05, 3.63) is 0 Å². The van der Waals surface area contributed by atoms with Crippen molar-refractivity contribution < 1.29 is 24.2 Å². The summed E-state index contributed by atoms with van der Waals surface area (Å²) in [4.78, 5) is 25.4. The number of likely N-dealkylation sites (tertiary alicyclic amines) is 1. The van der Waals surface area contributed by atoms with Gasteiger partial charge in [-0.05, 0) is 64.7 Å². The smallest absolute Gasteiger partial charge is 0.410 e. The minimum atomic E-state index is -1.02. The number of carboxylic acid groups (broad SMARTS) is 1. The third-order valence-corrected chi connectivity index (χ3v) is 5.37. The summed E-state index contributed by atoms with van der Waals surface area (Å²) in [7, 11) is 1.48. The van der Waals surface area contributed by atoms with E-state index in [1.807, 2.05) is 20.8 Å². The lowest BCUT2D eigenvalue weighted by molar-refractivity contribution is -0.170. The first-order chi connectivity index (χ1) is 10.6. The molecule has 2 aliphatic rings. The molecule has 1 aliphatic heterocycles. The summed E-state index contributed by atoms with van der Waals surface area (Å²) >= 11 is 0. The maximum atomic E-state index is 12.1. The van der Waals surface area contributed by atoms with E-state index >= 15 is 0 Å². The first-order valence-corrected chi connectivity index (χ1v) is 8.38. The van der Waals surface area contributed by atoms with Crippen LogP contribution in [0.15, 0.2) is 0 Å². The van der Waals surface area contributed by atoms with E-state index in [4.69, 9.17) is 9.47 Å². The van der Waals surface area contributed by atoms with Gasteiger partial charge in [0.15, 0.2) is 5.60 Å². The Morgan fingerprint density at radius 1 is 1.00 bits per heavy atom. The van der Waals surface area contributed by atoms with Crippen molar-refractivity contribution in [3.63, 3.8) is 0 Å². The first kappa shape index (κ1) is 18.0. The molecular formula is C17H29NO5.